The van der Waals surface area contributed by atoms with Crippen molar-refractivity contribution in [2.75, 3.05) is 13.1 Å². The smallest absolute Gasteiger partial charge is 0.0576 e. The first-order chi connectivity index (χ1) is 5.90. The van der Waals surface area contributed by atoms with Crippen LogP contribution in [0.15, 0.2) is 18.3 Å². The molecule has 0 unspecified atom stereocenters. The van der Waals surface area contributed by atoms with E-state index in [0.29, 0.717) is 0 Å². The van der Waals surface area contributed by atoms with E-state index in [9.17, 15) is 0 Å². The van der Waals surface area contributed by atoms with E-state index in [1.165, 1.54) is 17.8 Å². The second-order valence-electron chi connectivity index (χ2n) is 3.23. The molecule has 0 amide bonds. The van der Waals surface area contributed by atoms with Gasteiger partial charge in [-0.05, 0) is 24.6 Å². The van der Waals surface area contributed by atoms with Crippen LogP contribution in [0.25, 0.3) is 0 Å². The molecule has 0 spiro atoms. The Bertz CT molecular complexity index is 270. The van der Waals surface area contributed by atoms with Crippen molar-refractivity contribution in [1.29, 1.82) is 0 Å². The summed E-state index contributed by atoms with van der Waals surface area (Å²) in [5.41, 5.74) is 2.70. The molecule has 0 atom stereocenters. The van der Waals surface area contributed by atoms with Crippen LogP contribution in [0.5, 0.6) is 0 Å². The van der Waals surface area contributed by atoms with Crippen molar-refractivity contribution in [3.05, 3.63) is 29.6 Å². The van der Waals surface area contributed by atoms with E-state index in [0.717, 1.165) is 19.5 Å². The molecule has 1 aromatic heterocycles. The lowest BCUT2D eigenvalue weighted by Crippen LogP contribution is -2.30. The zero-order valence-electron chi connectivity index (χ0n) is 7.45. The predicted molar refractivity (Wildman–Crippen MR) is 48.9 cm³/mol. The molecule has 2 heteroatoms. The summed E-state index contributed by atoms with van der Waals surface area (Å²) in [5, 5.41) is 0. The summed E-state index contributed by atoms with van der Waals surface area (Å²) in [6, 6.07) is 4.22. The Morgan fingerprint density at radius 1 is 1.58 bits per heavy atom. The first kappa shape index (κ1) is 7.74. The zero-order valence-corrected chi connectivity index (χ0v) is 7.45. The summed E-state index contributed by atoms with van der Waals surface area (Å²) in [4.78, 5) is 6.80. The molecule has 0 N–H and O–H groups in total. The summed E-state index contributed by atoms with van der Waals surface area (Å²) in [5.74, 6) is 0. The fourth-order valence-corrected chi connectivity index (χ4v) is 1.68. The maximum absolute atomic E-state index is 4.38. The summed E-state index contributed by atoms with van der Waals surface area (Å²) in [6.07, 6.45) is 3.05. The highest BCUT2D eigenvalue weighted by Crippen LogP contribution is 2.15. The van der Waals surface area contributed by atoms with Crippen LogP contribution in [0.3, 0.4) is 0 Å². The molecule has 0 aliphatic carbocycles. The Labute approximate surface area is 73.2 Å². The highest BCUT2D eigenvalue weighted by Gasteiger charge is 2.14. The van der Waals surface area contributed by atoms with E-state index in [2.05, 4.69) is 22.9 Å². The van der Waals surface area contributed by atoms with Gasteiger partial charge in [0.1, 0.15) is 0 Å². The monoisotopic (exact) mass is 162 g/mol. The second kappa shape index (κ2) is 3.23. The van der Waals surface area contributed by atoms with E-state index in [1.54, 1.807) is 0 Å². The average Bonchev–Trinajstić information content (AvgIpc) is 2.17. The highest BCUT2D eigenvalue weighted by atomic mass is 15.1. The summed E-state index contributed by atoms with van der Waals surface area (Å²) in [6.45, 7) is 5.56. The SMILES string of the molecule is CCN1CCc2cccnc2C1. The molecule has 0 fully saturated rings. The Kier molecular flexibility index (Phi) is 2.09. The molecule has 64 valence electrons. The van der Waals surface area contributed by atoms with Crippen molar-refractivity contribution >= 4 is 0 Å². The van der Waals surface area contributed by atoms with Crippen LogP contribution in [0.2, 0.25) is 0 Å². The second-order valence-corrected chi connectivity index (χ2v) is 3.23. The van der Waals surface area contributed by atoms with Gasteiger partial charge in [0.2, 0.25) is 0 Å². The van der Waals surface area contributed by atoms with E-state index in [4.69, 9.17) is 0 Å². The summed E-state index contributed by atoms with van der Waals surface area (Å²) >= 11 is 0. The molecule has 2 heterocycles. The van der Waals surface area contributed by atoms with Gasteiger partial charge in [-0.15, -0.1) is 0 Å². The minimum absolute atomic E-state index is 1.03. The van der Waals surface area contributed by atoms with Crippen LogP contribution in [0.4, 0.5) is 0 Å². The van der Waals surface area contributed by atoms with Crippen LogP contribution in [-0.4, -0.2) is 23.0 Å². The fraction of sp³-hybridized carbons (Fsp3) is 0.500. The van der Waals surface area contributed by atoms with E-state index in [1.807, 2.05) is 12.3 Å². The topological polar surface area (TPSA) is 16.1 Å². The Morgan fingerprint density at radius 3 is 3.33 bits per heavy atom. The number of nitrogens with zero attached hydrogens (tertiary/aromatic N) is 2. The van der Waals surface area contributed by atoms with Crippen molar-refractivity contribution in [3.8, 4) is 0 Å². The van der Waals surface area contributed by atoms with Gasteiger partial charge >= 0.3 is 0 Å². The van der Waals surface area contributed by atoms with Gasteiger partial charge < -0.3 is 0 Å². The number of hydrogen-bond acceptors (Lipinski definition) is 2. The molecule has 1 aromatic rings. The van der Waals surface area contributed by atoms with Crippen molar-refractivity contribution < 1.29 is 0 Å². The van der Waals surface area contributed by atoms with Gasteiger partial charge in [0, 0.05) is 19.3 Å². The average molecular weight is 162 g/mol. The molecule has 0 saturated carbocycles. The highest BCUT2D eigenvalue weighted by molar-refractivity contribution is 5.22. The Balaban J connectivity index is 2.23. The number of pyridine rings is 1. The number of aromatic nitrogens is 1. The maximum atomic E-state index is 4.38. The van der Waals surface area contributed by atoms with Crippen LogP contribution >= 0.6 is 0 Å². The number of rotatable bonds is 1. The van der Waals surface area contributed by atoms with Crippen molar-refractivity contribution in [3.63, 3.8) is 0 Å². The molecule has 0 radical (unpaired) electrons. The van der Waals surface area contributed by atoms with Gasteiger partial charge in [-0.1, -0.05) is 13.0 Å². The molecule has 0 saturated heterocycles. The molecule has 1 aliphatic rings. The minimum atomic E-state index is 1.03. The third kappa shape index (κ3) is 1.34. The van der Waals surface area contributed by atoms with Gasteiger partial charge in [0.25, 0.3) is 0 Å². The molecular formula is C10H14N2. The molecule has 12 heavy (non-hydrogen) atoms. The fourth-order valence-electron chi connectivity index (χ4n) is 1.68. The van der Waals surface area contributed by atoms with Crippen molar-refractivity contribution in [2.45, 2.75) is 19.9 Å². The third-order valence-corrected chi connectivity index (χ3v) is 2.50. The molecule has 2 rings (SSSR count). The number of fused-ring (bicyclic) bond motifs is 1. The minimum Gasteiger partial charge on any atom is -0.297 e. The van der Waals surface area contributed by atoms with Gasteiger partial charge in [0.05, 0.1) is 5.69 Å². The third-order valence-electron chi connectivity index (χ3n) is 2.50. The van der Waals surface area contributed by atoms with Crippen molar-refractivity contribution in [2.24, 2.45) is 0 Å². The lowest BCUT2D eigenvalue weighted by Gasteiger charge is -2.26. The summed E-state index contributed by atoms with van der Waals surface area (Å²) < 4.78 is 0. The quantitative estimate of drug-likeness (QED) is 0.621. The van der Waals surface area contributed by atoms with Crippen LogP contribution in [0.1, 0.15) is 18.2 Å². The Morgan fingerprint density at radius 2 is 2.50 bits per heavy atom. The maximum Gasteiger partial charge on any atom is 0.0576 e. The van der Waals surface area contributed by atoms with Crippen LogP contribution in [-0.2, 0) is 13.0 Å². The lowest BCUT2D eigenvalue weighted by molar-refractivity contribution is 0.264. The first-order valence-electron chi connectivity index (χ1n) is 4.55. The largest absolute Gasteiger partial charge is 0.297 e. The van der Waals surface area contributed by atoms with Gasteiger partial charge in [-0.2, -0.15) is 0 Å². The van der Waals surface area contributed by atoms with Gasteiger partial charge in [-0.25, -0.2) is 0 Å². The zero-order chi connectivity index (χ0) is 8.39. The molecule has 2 nitrogen and oxygen atoms in total. The van der Waals surface area contributed by atoms with Crippen molar-refractivity contribution in [1.82, 2.24) is 9.88 Å². The van der Waals surface area contributed by atoms with E-state index in [-0.39, 0.29) is 0 Å². The van der Waals surface area contributed by atoms with Gasteiger partial charge in [0.15, 0.2) is 0 Å². The Hall–Kier alpha value is -0.890. The molecule has 0 bridgehead atoms. The molecular weight excluding hydrogens is 148 g/mol. The summed E-state index contributed by atoms with van der Waals surface area (Å²) in [7, 11) is 0. The van der Waals surface area contributed by atoms with Crippen LogP contribution < -0.4 is 0 Å². The standard InChI is InChI=1S/C10H14N2/c1-2-12-7-5-9-4-3-6-11-10(9)8-12/h3-4,6H,2,5,7-8H2,1H3. The van der Waals surface area contributed by atoms with E-state index < -0.39 is 0 Å². The molecule has 1 aliphatic heterocycles. The van der Waals surface area contributed by atoms with Gasteiger partial charge in [-0.3, -0.25) is 9.88 Å². The van der Waals surface area contributed by atoms with Crippen LogP contribution in [0, 0.1) is 0 Å². The lowest BCUT2D eigenvalue weighted by atomic mass is 10.1. The number of hydrogen-bond donors (Lipinski definition) is 0. The number of likely N-dealkylation sites (N-methyl/N-ethyl adjacent to an activating group) is 1. The molecule has 0 aromatic carbocycles. The van der Waals surface area contributed by atoms with E-state index >= 15 is 0 Å². The first-order valence-corrected chi connectivity index (χ1v) is 4.55. The normalized spacial score (nSPS) is 17.4. The predicted octanol–water partition coefficient (Wildman–Crippen LogP) is 1.46.